The SMILES string of the molecule is CC/C=C\C/C=C\C/C=C\CCCCCCCCCC(=O)OC(COC(=O)CCCCCCCCCCC)COC1OC(CO)C(O)C(O)C1O. The van der Waals surface area contributed by atoms with Gasteiger partial charge in [0.05, 0.1) is 13.2 Å². The van der Waals surface area contributed by atoms with Crippen LogP contribution in [0, 0.1) is 0 Å². The van der Waals surface area contributed by atoms with Gasteiger partial charge in [-0.1, -0.05) is 134 Å². The maximum atomic E-state index is 12.7. The molecule has 1 saturated heterocycles. The van der Waals surface area contributed by atoms with Gasteiger partial charge in [0, 0.05) is 12.8 Å². The number of aliphatic hydroxyl groups excluding tert-OH is 4. The van der Waals surface area contributed by atoms with Gasteiger partial charge < -0.3 is 39.4 Å². The molecule has 1 aliphatic heterocycles. The summed E-state index contributed by atoms with van der Waals surface area (Å²) < 4.78 is 22.0. The smallest absolute Gasteiger partial charge is 0.306 e. The Bertz CT molecular complexity index is 933. The topological polar surface area (TPSA) is 152 Å². The molecule has 0 amide bonds. The van der Waals surface area contributed by atoms with Crippen molar-refractivity contribution in [1.29, 1.82) is 0 Å². The zero-order valence-corrected chi connectivity index (χ0v) is 31.8. The van der Waals surface area contributed by atoms with Crippen LogP contribution in [0.2, 0.25) is 0 Å². The van der Waals surface area contributed by atoms with E-state index >= 15 is 0 Å². The summed E-state index contributed by atoms with van der Waals surface area (Å²) in [6.07, 6.45) is 27.3. The summed E-state index contributed by atoms with van der Waals surface area (Å²) >= 11 is 0. The molecule has 1 aliphatic rings. The third-order valence-electron chi connectivity index (χ3n) is 9.04. The number of ether oxygens (including phenoxy) is 4. The molecule has 0 spiro atoms. The fourth-order valence-electron chi connectivity index (χ4n) is 5.85. The van der Waals surface area contributed by atoms with Crippen molar-refractivity contribution in [3.05, 3.63) is 36.5 Å². The van der Waals surface area contributed by atoms with E-state index in [9.17, 15) is 30.0 Å². The molecular formula is C41H72O10. The molecule has 296 valence electrons. The van der Waals surface area contributed by atoms with Crippen molar-refractivity contribution in [3.8, 4) is 0 Å². The maximum absolute atomic E-state index is 12.7. The molecule has 0 saturated carbocycles. The lowest BCUT2D eigenvalue weighted by Crippen LogP contribution is -2.59. The number of esters is 2. The number of allylic oxidation sites excluding steroid dienone is 6. The highest BCUT2D eigenvalue weighted by atomic mass is 16.7. The van der Waals surface area contributed by atoms with E-state index in [0.717, 1.165) is 64.2 Å². The molecule has 0 aromatic carbocycles. The van der Waals surface area contributed by atoms with Crippen LogP contribution < -0.4 is 0 Å². The Labute approximate surface area is 308 Å². The first-order valence-corrected chi connectivity index (χ1v) is 20.1. The van der Waals surface area contributed by atoms with Gasteiger partial charge in [0.25, 0.3) is 0 Å². The third kappa shape index (κ3) is 24.7. The van der Waals surface area contributed by atoms with Gasteiger partial charge in [-0.15, -0.1) is 0 Å². The van der Waals surface area contributed by atoms with Gasteiger partial charge in [-0.2, -0.15) is 0 Å². The van der Waals surface area contributed by atoms with Crippen LogP contribution in [0.5, 0.6) is 0 Å². The van der Waals surface area contributed by atoms with Crippen LogP contribution in [0.1, 0.15) is 155 Å². The van der Waals surface area contributed by atoms with Crippen molar-refractivity contribution in [2.75, 3.05) is 19.8 Å². The molecule has 0 aliphatic carbocycles. The second-order valence-electron chi connectivity index (χ2n) is 13.7. The number of aliphatic hydroxyl groups is 4. The molecule has 51 heavy (non-hydrogen) atoms. The first kappa shape index (κ1) is 46.9. The molecule has 1 heterocycles. The molecule has 1 fully saturated rings. The molecular weight excluding hydrogens is 652 g/mol. The van der Waals surface area contributed by atoms with Crippen LogP contribution in [-0.2, 0) is 28.5 Å². The average Bonchev–Trinajstić information content (AvgIpc) is 3.13. The first-order chi connectivity index (χ1) is 24.8. The van der Waals surface area contributed by atoms with E-state index in [1.54, 1.807) is 0 Å². The zero-order valence-electron chi connectivity index (χ0n) is 31.8. The molecule has 4 N–H and O–H groups in total. The second-order valence-corrected chi connectivity index (χ2v) is 13.7. The Morgan fingerprint density at radius 1 is 0.627 bits per heavy atom. The van der Waals surface area contributed by atoms with Crippen molar-refractivity contribution in [2.24, 2.45) is 0 Å². The summed E-state index contributed by atoms with van der Waals surface area (Å²) in [6, 6.07) is 0. The summed E-state index contributed by atoms with van der Waals surface area (Å²) in [6.45, 7) is 3.26. The van der Waals surface area contributed by atoms with Crippen LogP contribution in [0.25, 0.3) is 0 Å². The summed E-state index contributed by atoms with van der Waals surface area (Å²) in [5, 5.41) is 39.9. The van der Waals surface area contributed by atoms with Gasteiger partial charge in [0.1, 0.15) is 31.0 Å². The quantitative estimate of drug-likeness (QED) is 0.0311. The fraction of sp³-hybridized carbons (Fsp3) is 0.805. The normalized spacial score (nSPS) is 21.6. The Balaban J connectivity index is 2.37. The average molecular weight is 725 g/mol. The predicted molar refractivity (Wildman–Crippen MR) is 201 cm³/mol. The highest BCUT2D eigenvalue weighted by Gasteiger charge is 2.44. The van der Waals surface area contributed by atoms with Gasteiger partial charge in [-0.05, 0) is 44.9 Å². The Morgan fingerprint density at radius 3 is 1.75 bits per heavy atom. The van der Waals surface area contributed by atoms with Crippen molar-refractivity contribution in [3.63, 3.8) is 0 Å². The van der Waals surface area contributed by atoms with Gasteiger partial charge in [0.15, 0.2) is 12.4 Å². The van der Waals surface area contributed by atoms with E-state index in [4.69, 9.17) is 18.9 Å². The van der Waals surface area contributed by atoms with Gasteiger partial charge in [-0.3, -0.25) is 9.59 Å². The van der Waals surface area contributed by atoms with E-state index in [1.807, 2.05) is 0 Å². The minimum absolute atomic E-state index is 0.219. The van der Waals surface area contributed by atoms with Crippen molar-refractivity contribution >= 4 is 11.9 Å². The minimum atomic E-state index is -1.59. The highest BCUT2D eigenvalue weighted by Crippen LogP contribution is 2.22. The summed E-state index contributed by atoms with van der Waals surface area (Å²) in [5.41, 5.74) is 0. The summed E-state index contributed by atoms with van der Waals surface area (Å²) in [5.74, 6) is -0.822. The molecule has 1 rings (SSSR count). The number of unbranched alkanes of at least 4 members (excludes halogenated alkanes) is 15. The van der Waals surface area contributed by atoms with E-state index < -0.39 is 49.4 Å². The summed E-state index contributed by atoms with van der Waals surface area (Å²) in [7, 11) is 0. The van der Waals surface area contributed by atoms with E-state index in [2.05, 4.69) is 50.3 Å². The number of rotatable bonds is 32. The van der Waals surface area contributed by atoms with Crippen molar-refractivity contribution < 1.29 is 49.0 Å². The zero-order chi connectivity index (χ0) is 37.4. The Kier molecular flexibility index (Phi) is 30.0. The van der Waals surface area contributed by atoms with Crippen LogP contribution in [0.4, 0.5) is 0 Å². The molecule has 6 atom stereocenters. The largest absolute Gasteiger partial charge is 0.462 e. The standard InChI is InChI=1S/C41H72O10/c1-3-5-7-9-11-13-14-15-16-17-18-19-20-22-24-26-28-30-37(44)50-34(33-49-41-40(47)39(46)38(45)35(31-42)51-41)32-48-36(43)29-27-25-23-21-12-10-8-6-4-2/h5,7,11,13,15-16,34-35,38-42,45-47H,3-4,6,8-10,12,14,17-33H2,1-2H3/b7-5-,13-11-,16-15-. The van der Waals surface area contributed by atoms with Crippen molar-refractivity contribution in [2.45, 2.75) is 192 Å². The Morgan fingerprint density at radius 2 is 1.16 bits per heavy atom. The molecule has 10 nitrogen and oxygen atoms in total. The van der Waals surface area contributed by atoms with Crippen LogP contribution in [0.15, 0.2) is 36.5 Å². The minimum Gasteiger partial charge on any atom is -0.462 e. The first-order valence-electron chi connectivity index (χ1n) is 20.1. The lowest BCUT2D eigenvalue weighted by molar-refractivity contribution is -0.305. The number of hydrogen-bond donors (Lipinski definition) is 4. The number of hydrogen-bond acceptors (Lipinski definition) is 10. The summed E-state index contributed by atoms with van der Waals surface area (Å²) in [4.78, 5) is 25.1. The lowest BCUT2D eigenvalue weighted by atomic mass is 9.99. The van der Waals surface area contributed by atoms with Crippen LogP contribution in [0.3, 0.4) is 0 Å². The van der Waals surface area contributed by atoms with Gasteiger partial charge in [-0.25, -0.2) is 0 Å². The molecule has 6 unspecified atom stereocenters. The number of carbonyl (C=O) groups is 2. The van der Waals surface area contributed by atoms with Gasteiger partial charge in [0.2, 0.25) is 0 Å². The van der Waals surface area contributed by atoms with E-state index in [0.29, 0.717) is 6.42 Å². The van der Waals surface area contributed by atoms with Crippen molar-refractivity contribution in [1.82, 2.24) is 0 Å². The molecule has 0 bridgehead atoms. The number of carbonyl (C=O) groups excluding carboxylic acids is 2. The van der Waals surface area contributed by atoms with Crippen LogP contribution in [-0.4, -0.2) is 89.0 Å². The molecule has 0 aromatic heterocycles. The lowest BCUT2D eigenvalue weighted by Gasteiger charge is -2.39. The molecule has 0 aromatic rings. The highest BCUT2D eigenvalue weighted by molar-refractivity contribution is 5.70. The molecule has 10 heteroatoms. The van der Waals surface area contributed by atoms with Crippen LogP contribution >= 0.6 is 0 Å². The molecule has 0 radical (unpaired) electrons. The Hall–Kier alpha value is -2.08. The van der Waals surface area contributed by atoms with Gasteiger partial charge >= 0.3 is 11.9 Å². The maximum Gasteiger partial charge on any atom is 0.306 e. The monoisotopic (exact) mass is 725 g/mol. The van der Waals surface area contributed by atoms with E-state index in [-0.39, 0.29) is 32.0 Å². The predicted octanol–water partition coefficient (Wildman–Crippen LogP) is 7.55. The van der Waals surface area contributed by atoms with E-state index in [1.165, 1.54) is 57.8 Å². The second kappa shape index (κ2) is 32.6. The fourth-order valence-corrected chi connectivity index (χ4v) is 5.85. The third-order valence-corrected chi connectivity index (χ3v) is 9.04.